The second-order valence-corrected chi connectivity index (χ2v) is 3.75. The molecule has 1 aromatic rings. The average molecular weight is 292 g/mol. The maximum Gasteiger partial charge on any atom is 0.418 e. The number of alkyl halides is 4. The Morgan fingerprint density at radius 2 is 2.11 bits per heavy atom. The third kappa shape index (κ3) is 3.18. The van der Waals surface area contributed by atoms with Gasteiger partial charge in [0.25, 0.3) is 0 Å². The van der Waals surface area contributed by atoms with Gasteiger partial charge in [-0.15, -0.1) is 11.6 Å². The number of hydrogen-bond donors (Lipinski definition) is 0. The van der Waals surface area contributed by atoms with Gasteiger partial charge in [-0.2, -0.15) is 18.4 Å². The van der Waals surface area contributed by atoms with Gasteiger partial charge in [0, 0.05) is 5.88 Å². The van der Waals surface area contributed by atoms with Crippen molar-refractivity contribution in [2.75, 3.05) is 6.61 Å². The molecule has 7 heteroatoms. The van der Waals surface area contributed by atoms with E-state index in [0.29, 0.717) is 0 Å². The first-order chi connectivity index (χ1) is 8.86. The molecule has 0 aromatic heterocycles. The molecule has 19 heavy (non-hydrogen) atoms. The molecule has 0 unspecified atom stereocenters. The molecule has 0 atom stereocenters. The lowest BCUT2D eigenvalue weighted by atomic mass is 9.96. The van der Waals surface area contributed by atoms with Crippen molar-refractivity contribution in [2.24, 2.45) is 0 Å². The quantitative estimate of drug-likeness (QED) is 0.632. The highest BCUT2D eigenvalue weighted by Gasteiger charge is 2.39. The molecule has 1 rings (SSSR count). The van der Waals surface area contributed by atoms with Crippen molar-refractivity contribution in [1.29, 1.82) is 5.26 Å². The summed E-state index contributed by atoms with van der Waals surface area (Å²) in [6.07, 6.45) is -4.84. The molecule has 0 radical (unpaired) electrons. The number of esters is 1. The van der Waals surface area contributed by atoms with Gasteiger partial charge in [0.15, 0.2) is 0 Å². The second-order valence-electron chi connectivity index (χ2n) is 3.49. The molecule has 0 amide bonds. The van der Waals surface area contributed by atoms with E-state index in [-0.39, 0.29) is 18.1 Å². The Morgan fingerprint density at radius 1 is 1.47 bits per heavy atom. The van der Waals surface area contributed by atoms with Gasteiger partial charge in [-0.25, -0.2) is 4.79 Å². The van der Waals surface area contributed by atoms with Gasteiger partial charge < -0.3 is 4.74 Å². The van der Waals surface area contributed by atoms with Crippen molar-refractivity contribution in [2.45, 2.75) is 19.0 Å². The summed E-state index contributed by atoms with van der Waals surface area (Å²) in [5, 5.41) is 8.87. The predicted octanol–water partition coefficient (Wildman–Crippen LogP) is 3.49. The predicted molar refractivity (Wildman–Crippen MR) is 61.7 cm³/mol. The van der Waals surface area contributed by atoms with Gasteiger partial charge in [-0.05, 0) is 18.6 Å². The molecule has 3 nitrogen and oxygen atoms in total. The van der Waals surface area contributed by atoms with Crippen LogP contribution in [0.15, 0.2) is 12.1 Å². The van der Waals surface area contributed by atoms with Crippen molar-refractivity contribution >= 4 is 17.6 Å². The van der Waals surface area contributed by atoms with E-state index in [0.717, 1.165) is 6.07 Å². The van der Waals surface area contributed by atoms with Crippen LogP contribution in [0, 0.1) is 11.3 Å². The molecule has 0 spiro atoms. The lowest BCUT2D eigenvalue weighted by molar-refractivity contribution is -0.138. The summed E-state index contributed by atoms with van der Waals surface area (Å²) in [6, 6.07) is 3.63. The van der Waals surface area contributed by atoms with Crippen LogP contribution in [0.5, 0.6) is 0 Å². The minimum absolute atomic E-state index is 0.0181. The maximum absolute atomic E-state index is 13.0. The summed E-state index contributed by atoms with van der Waals surface area (Å²) in [6.45, 7) is 1.42. The van der Waals surface area contributed by atoms with Crippen molar-refractivity contribution in [1.82, 2.24) is 0 Å². The number of ether oxygens (including phenoxy) is 1. The Hall–Kier alpha value is -1.74. The molecule has 0 aliphatic carbocycles. The molecule has 0 fully saturated rings. The third-order valence-electron chi connectivity index (χ3n) is 2.33. The van der Waals surface area contributed by atoms with E-state index < -0.39 is 28.8 Å². The molecule has 0 heterocycles. The maximum atomic E-state index is 13.0. The fourth-order valence-corrected chi connectivity index (χ4v) is 1.78. The number of hydrogen-bond acceptors (Lipinski definition) is 3. The topological polar surface area (TPSA) is 50.1 Å². The molecule has 102 valence electrons. The fraction of sp³-hybridized carbons (Fsp3) is 0.333. The van der Waals surface area contributed by atoms with Gasteiger partial charge in [0.05, 0.1) is 23.3 Å². The molecule has 0 aliphatic heterocycles. The largest absolute Gasteiger partial charge is 0.462 e. The smallest absolute Gasteiger partial charge is 0.418 e. The SMILES string of the molecule is CCOC(=O)c1ccc(CCl)c(C#N)c1C(F)(F)F. The molecular formula is C12H9ClF3NO2. The monoisotopic (exact) mass is 291 g/mol. The molecule has 0 bridgehead atoms. The third-order valence-corrected chi connectivity index (χ3v) is 2.61. The minimum Gasteiger partial charge on any atom is -0.462 e. The summed E-state index contributed by atoms with van der Waals surface area (Å²) in [5.74, 6) is -1.37. The zero-order chi connectivity index (χ0) is 14.6. The van der Waals surface area contributed by atoms with Crippen molar-refractivity contribution in [3.8, 4) is 6.07 Å². The van der Waals surface area contributed by atoms with Crippen LogP contribution in [0.1, 0.15) is 34.0 Å². The van der Waals surface area contributed by atoms with Crippen LogP contribution in [0.2, 0.25) is 0 Å². The highest BCUT2D eigenvalue weighted by atomic mass is 35.5. The molecule has 0 saturated carbocycles. The Bertz CT molecular complexity index is 535. The van der Waals surface area contributed by atoms with Crippen LogP contribution in [0.3, 0.4) is 0 Å². The molecule has 0 N–H and O–H groups in total. The van der Waals surface area contributed by atoms with Crippen molar-refractivity contribution < 1.29 is 22.7 Å². The first-order valence-electron chi connectivity index (χ1n) is 5.23. The van der Waals surface area contributed by atoms with E-state index in [9.17, 15) is 18.0 Å². The number of nitriles is 1. The lowest BCUT2D eigenvalue weighted by Crippen LogP contribution is -2.18. The van der Waals surface area contributed by atoms with E-state index in [1.807, 2.05) is 0 Å². The number of carbonyl (C=O) groups is 1. The van der Waals surface area contributed by atoms with Gasteiger partial charge in [-0.3, -0.25) is 0 Å². The Morgan fingerprint density at radius 3 is 2.53 bits per heavy atom. The number of nitrogens with zero attached hydrogens (tertiary/aromatic N) is 1. The van der Waals surface area contributed by atoms with Crippen molar-refractivity contribution in [3.63, 3.8) is 0 Å². The van der Waals surface area contributed by atoms with Gasteiger partial charge in [-0.1, -0.05) is 6.07 Å². The van der Waals surface area contributed by atoms with Gasteiger partial charge in [0.2, 0.25) is 0 Å². The summed E-state index contributed by atoms with van der Waals surface area (Å²) >= 11 is 5.49. The zero-order valence-electron chi connectivity index (χ0n) is 9.84. The molecule has 1 aromatic carbocycles. The second kappa shape index (κ2) is 5.93. The van der Waals surface area contributed by atoms with Crippen LogP contribution >= 0.6 is 11.6 Å². The molecule has 0 saturated heterocycles. The van der Waals surface area contributed by atoms with E-state index >= 15 is 0 Å². The summed E-state index contributed by atoms with van der Waals surface area (Å²) < 4.78 is 43.6. The highest BCUT2D eigenvalue weighted by molar-refractivity contribution is 6.17. The summed E-state index contributed by atoms with van der Waals surface area (Å²) in [4.78, 5) is 11.5. The fourth-order valence-electron chi connectivity index (χ4n) is 1.56. The van der Waals surface area contributed by atoms with Crippen LogP contribution in [-0.2, 0) is 16.8 Å². The Labute approximate surface area is 112 Å². The van der Waals surface area contributed by atoms with Crippen molar-refractivity contribution in [3.05, 3.63) is 34.4 Å². The first-order valence-corrected chi connectivity index (χ1v) is 5.76. The standard InChI is InChI=1S/C12H9ClF3NO2/c1-2-19-11(18)8-4-3-7(5-13)9(6-17)10(8)12(14,15)16/h3-4H,2,5H2,1H3. The summed E-state index contributed by atoms with van der Waals surface area (Å²) in [5.41, 5.74) is -2.61. The zero-order valence-corrected chi connectivity index (χ0v) is 10.6. The van der Waals surface area contributed by atoms with Crippen LogP contribution in [0.25, 0.3) is 0 Å². The van der Waals surface area contributed by atoms with Crippen LogP contribution in [-0.4, -0.2) is 12.6 Å². The van der Waals surface area contributed by atoms with E-state index in [2.05, 4.69) is 4.74 Å². The van der Waals surface area contributed by atoms with Gasteiger partial charge in [0.1, 0.15) is 6.07 Å². The van der Waals surface area contributed by atoms with E-state index in [4.69, 9.17) is 16.9 Å². The number of carbonyl (C=O) groups excluding carboxylic acids is 1. The minimum atomic E-state index is -4.84. The Kier molecular flexibility index (Phi) is 4.78. The number of halogens is 4. The van der Waals surface area contributed by atoms with E-state index in [1.165, 1.54) is 19.1 Å². The lowest BCUT2D eigenvalue weighted by Gasteiger charge is -2.15. The average Bonchev–Trinajstić information content (AvgIpc) is 2.35. The van der Waals surface area contributed by atoms with E-state index in [1.54, 1.807) is 0 Å². The Balaban J connectivity index is 3.58. The van der Waals surface area contributed by atoms with Crippen LogP contribution < -0.4 is 0 Å². The van der Waals surface area contributed by atoms with Crippen LogP contribution in [0.4, 0.5) is 13.2 Å². The highest BCUT2D eigenvalue weighted by Crippen LogP contribution is 2.36. The molecular weight excluding hydrogens is 283 g/mol. The first kappa shape index (κ1) is 15.3. The summed E-state index contributed by atoms with van der Waals surface area (Å²) in [7, 11) is 0. The van der Waals surface area contributed by atoms with Gasteiger partial charge >= 0.3 is 12.1 Å². The normalized spacial score (nSPS) is 10.9. The number of benzene rings is 1. The molecule has 0 aliphatic rings. The number of rotatable bonds is 3.